The summed E-state index contributed by atoms with van der Waals surface area (Å²) in [7, 11) is 0. The molecular weight excluding hydrogens is 375 g/mol. The van der Waals surface area contributed by atoms with Gasteiger partial charge >= 0.3 is 0 Å². The highest BCUT2D eigenvalue weighted by Crippen LogP contribution is 2.33. The molecule has 0 aromatic heterocycles. The smallest absolute Gasteiger partial charge is 0.229 e. The van der Waals surface area contributed by atoms with Gasteiger partial charge in [-0.3, -0.25) is 14.4 Å². The molecule has 0 bridgehead atoms. The Morgan fingerprint density at radius 3 is 2.65 bits per heavy atom. The van der Waals surface area contributed by atoms with Crippen LogP contribution in [0, 0.1) is 5.92 Å². The summed E-state index contributed by atoms with van der Waals surface area (Å²) < 4.78 is 0. The number of rotatable bonds is 4. The number of carbonyl (C=O) groups excluding carboxylic acids is 3. The van der Waals surface area contributed by atoms with Crippen LogP contribution in [-0.2, 0) is 9.59 Å². The van der Waals surface area contributed by atoms with E-state index in [1.54, 1.807) is 42.5 Å². The number of hydrogen-bond acceptors (Lipinski definition) is 3. The summed E-state index contributed by atoms with van der Waals surface area (Å²) in [6.45, 7) is 1.68. The molecule has 0 unspecified atom stereocenters. The first-order valence-electron chi connectivity index (χ1n) is 8.02. The molecule has 1 fully saturated rings. The number of hydrogen-bond donors (Lipinski definition) is 1. The van der Waals surface area contributed by atoms with Crippen LogP contribution < -0.4 is 10.2 Å². The zero-order chi connectivity index (χ0) is 18.8. The van der Waals surface area contributed by atoms with Crippen molar-refractivity contribution in [3.63, 3.8) is 0 Å². The Hall–Kier alpha value is -2.37. The molecule has 0 saturated carbocycles. The number of nitrogens with one attached hydrogen (secondary N) is 1. The molecule has 5 nitrogen and oxygen atoms in total. The molecule has 7 heteroatoms. The lowest BCUT2D eigenvalue weighted by molar-refractivity contribution is -0.122. The first-order chi connectivity index (χ1) is 12.3. The normalized spacial score (nSPS) is 16.7. The summed E-state index contributed by atoms with van der Waals surface area (Å²) in [5, 5.41) is 3.63. The number of carbonyl (C=O) groups is 3. The van der Waals surface area contributed by atoms with Gasteiger partial charge in [-0.1, -0.05) is 35.3 Å². The van der Waals surface area contributed by atoms with Crippen molar-refractivity contribution < 1.29 is 14.4 Å². The van der Waals surface area contributed by atoms with Crippen molar-refractivity contribution in [1.29, 1.82) is 0 Å². The molecule has 1 saturated heterocycles. The van der Waals surface area contributed by atoms with E-state index in [9.17, 15) is 14.4 Å². The molecule has 26 heavy (non-hydrogen) atoms. The summed E-state index contributed by atoms with van der Waals surface area (Å²) in [6, 6.07) is 11.6. The maximum Gasteiger partial charge on any atom is 0.229 e. The van der Waals surface area contributed by atoms with Gasteiger partial charge in [-0.2, -0.15) is 0 Å². The predicted octanol–water partition coefficient (Wildman–Crippen LogP) is 4.19. The highest BCUT2D eigenvalue weighted by molar-refractivity contribution is 6.36. The van der Waals surface area contributed by atoms with Crippen molar-refractivity contribution >= 4 is 52.2 Å². The standard InChI is InChI=1S/C19H16Cl2N2O3/c1-11(24)12-3-2-4-15(7-12)22-19(26)13-8-18(25)23(10-13)17-9-14(20)5-6-16(17)21/h2-7,9,13H,8,10H2,1H3,(H,22,26)/t13-/m1/s1. The van der Waals surface area contributed by atoms with Crippen LogP contribution in [0.2, 0.25) is 10.0 Å². The van der Waals surface area contributed by atoms with Crippen LogP contribution >= 0.6 is 23.2 Å². The molecule has 2 aromatic rings. The van der Waals surface area contributed by atoms with E-state index in [4.69, 9.17) is 23.2 Å². The third-order valence-electron chi connectivity index (χ3n) is 4.23. The molecule has 2 amide bonds. The molecule has 0 aliphatic carbocycles. The third-order valence-corrected chi connectivity index (χ3v) is 4.79. The fraction of sp³-hybridized carbons (Fsp3) is 0.211. The Balaban J connectivity index is 1.74. The number of anilines is 2. The fourth-order valence-corrected chi connectivity index (χ4v) is 3.25. The molecule has 2 aromatic carbocycles. The van der Waals surface area contributed by atoms with E-state index in [1.165, 1.54) is 11.8 Å². The monoisotopic (exact) mass is 390 g/mol. The Morgan fingerprint density at radius 2 is 1.92 bits per heavy atom. The van der Waals surface area contributed by atoms with Crippen molar-refractivity contribution in [1.82, 2.24) is 0 Å². The maximum atomic E-state index is 12.5. The largest absolute Gasteiger partial charge is 0.326 e. The Labute approximate surface area is 160 Å². The van der Waals surface area contributed by atoms with Gasteiger partial charge in [0.05, 0.1) is 16.6 Å². The van der Waals surface area contributed by atoms with Crippen LogP contribution in [-0.4, -0.2) is 24.1 Å². The topological polar surface area (TPSA) is 66.5 Å². The van der Waals surface area contributed by atoms with Crippen molar-refractivity contribution in [2.75, 3.05) is 16.8 Å². The quantitative estimate of drug-likeness (QED) is 0.795. The van der Waals surface area contributed by atoms with Gasteiger partial charge in [0.15, 0.2) is 5.78 Å². The van der Waals surface area contributed by atoms with Crippen LogP contribution in [0.1, 0.15) is 23.7 Å². The molecule has 134 valence electrons. The molecule has 1 heterocycles. The molecule has 0 radical (unpaired) electrons. The van der Waals surface area contributed by atoms with Gasteiger partial charge in [0.2, 0.25) is 11.8 Å². The highest BCUT2D eigenvalue weighted by Gasteiger charge is 2.36. The van der Waals surface area contributed by atoms with E-state index >= 15 is 0 Å². The zero-order valence-electron chi connectivity index (χ0n) is 14.0. The third kappa shape index (κ3) is 3.89. The van der Waals surface area contributed by atoms with Gasteiger partial charge < -0.3 is 10.2 Å². The number of amides is 2. The summed E-state index contributed by atoms with van der Waals surface area (Å²) in [5.41, 5.74) is 1.53. The van der Waals surface area contributed by atoms with Gasteiger partial charge in [0.1, 0.15) is 0 Å². The van der Waals surface area contributed by atoms with E-state index in [-0.39, 0.29) is 30.6 Å². The molecule has 1 N–H and O–H groups in total. The van der Waals surface area contributed by atoms with Crippen molar-refractivity contribution in [2.24, 2.45) is 5.92 Å². The van der Waals surface area contributed by atoms with E-state index in [0.717, 1.165) is 0 Å². The number of ketones is 1. The number of nitrogens with zero attached hydrogens (tertiary/aromatic N) is 1. The Kier molecular flexibility index (Phi) is 5.30. The number of benzene rings is 2. The second-order valence-corrected chi connectivity index (χ2v) is 6.97. The molecule has 1 aliphatic heterocycles. The van der Waals surface area contributed by atoms with Gasteiger partial charge in [-0.25, -0.2) is 0 Å². The summed E-state index contributed by atoms with van der Waals surface area (Å²) >= 11 is 12.1. The molecular formula is C19H16Cl2N2O3. The maximum absolute atomic E-state index is 12.5. The van der Waals surface area contributed by atoms with Crippen LogP contribution in [0.3, 0.4) is 0 Å². The summed E-state index contributed by atoms with van der Waals surface area (Å²) in [5.74, 6) is -1.07. The van der Waals surface area contributed by atoms with Gasteiger partial charge in [0.25, 0.3) is 0 Å². The first-order valence-corrected chi connectivity index (χ1v) is 8.78. The predicted molar refractivity (Wildman–Crippen MR) is 102 cm³/mol. The SMILES string of the molecule is CC(=O)c1cccc(NC(=O)[C@@H]2CC(=O)N(c3cc(Cl)ccc3Cl)C2)c1. The van der Waals surface area contributed by atoms with Crippen LogP contribution in [0.15, 0.2) is 42.5 Å². The van der Waals surface area contributed by atoms with Gasteiger partial charge in [-0.15, -0.1) is 0 Å². The van der Waals surface area contributed by atoms with Gasteiger partial charge in [0, 0.05) is 29.2 Å². The van der Waals surface area contributed by atoms with Crippen molar-refractivity contribution in [3.8, 4) is 0 Å². The van der Waals surface area contributed by atoms with Crippen molar-refractivity contribution in [2.45, 2.75) is 13.3 Å². The minimum atomic E-state index is -0.515. The average molecular weight is 391 g/mol. The Morgan fingerprint density at radius 1 is 1.15 bits per heavy atom. The van der Waals surface area contributed by atoms with Crippen molar-refractivity contribution in [3.05, 3.63) is 58.1 Å². The fourth-order valence-electron chi connectivity index (χ4n) is 2.87. The molecule has 1 aliphatic rings. The van der Waals surface area contributed by atoms with Gasteiger partial charge in [-0.05, 0) is 37.3 Å². The number of halogens is 2. The Bertz CT molecular complexity index is 898. The van der Waals surface area contributed by atoms with E-state index < -0.39 is 5.92 Å². The lowest BCUT2D eigenvalue weighted by atomic mass is 10.1. The van der Waals surface area contributed by atoms with E-state index in [0.29, 0.717) is 27.0 Å². The second kappa shape index (κ2) is 7.48. The minimum Gasteiger partial charge on any atom is -0.326 e. The van der Waals surface area contributed by atoms with Crippen LogP contribution in [0.5, 0.6) is 0 Å². The molecule has 0 spiro atoms. The zero-order valence-corrected chi connectivity index (χ0v) is 15.5. The lowest BCUT2D eigenvalue weighted by Crippen LogP contribution is -2.28. The lowest BCUT2D eigenvalue weighted by Gasteiger charge is -2.18. The highest BCUT2D eigenvalue weighted by atomic mass is 35.5. The average Bonchev–Trinajstić information content (AvgIpc) is 2.99. The number of Topliss-reactive ketones (excluding diaryl/α,β-unsaturated/α-hetero) is 1. The second-order valence-electron chi connectivity index (χ2n) is 6.13. The first kappa shape index (κ1) is 18.4. The van der Waals surface area contributed by atoms with Crippen LogP contribution in [0.4, 0.5) is 11.4 Å². The minimum absolute atomic E-state index is 0.0843. The van der Waals surface area contributed by atoms with E-state index in [1.807, 2.05) is 0 Å². The molecule has 3 rings (SSSR count). The molecule has 1 atom stereocenters. The van der Waals surface area contributed by atoms with Crippen LogP contribution in [0.25, 0.3) is 0 Å². The van der Waals surface area contributed by atoms with E-state index in [2.05, 4.69) is 5.32 Å². The summed E-state index contributed by atoms with van der Waals surface area (Å²) in [4.78, 5) is 37.8. The summed E-state index contributed by atoms with van der Waals surface area (Å²) in [6.07, 6.45) is 0.0844.